The average molecular weight is 413 g/mol. The number of carboxylic acids is 1. The number of aliphatic carboxylic acids is 1. The second-order valence-electron chi connectivity index (χ2n) is 8.07. The zero-order valence-corrected chi connectivity index (χ0v) is 17.6. The number of carboxylic acid groups (broad SMARTS) is 1. The van der Waals surface area contributed by atoms with Gasteiger partial charge in [-0.2, -0.15) is 0 Å². The number of rotatable bonds is 6. The van der Waals surface area contributed by atoms with Crippen LogP contribution in [0.25, 0.3) is 11.0 Å². The number of hydrogen-bond acceptors (Lipinski definition) is 5. The van der Waals surface area contributed by atoms with Crippen LogP contribution in [-0.2, 0) is 16.0 Å². The molecule has 1 aromatic carbocycles. The Bertz CT molecular complexity index is 1070. The van der Waals surface area contributed by atoms with Crippen molar-refractivity contribution in [2.24, 2.45) is 5.92 Å². The van der Waals surface area contributed by atoms with Crippen LogP contribution < -0.4 is 10.4 Å². The third-order valence-corrected chi connectivity index (χ3v) is 5.41. The Balaban J connectivity index is 1.96. The summed E-state index contributed by atoms with van der Waals surface area (Å²) in [6.45, 7) is 10.4. The van der Waals surface area contributed by atoms with Gasteiger partial charge in [0.25, 0.3) is 0 Å². The molecule has 1 N–H and O–H groups in total. The third kappa shape index (κ3) is 4.56. The summed E-state index contributed by atoms with van der Waals surface area (Å²) >= 11 is 0. The fourth-order valence-electron chi connectivity index (χ4n) is 3.82. The van der Waals surface area contributed by atoms with E-state index in [0.717, 1.165) is 11.1 Å². The summed E-state index contributed by atoms with van der Waals surface area (Å²) < 4.78 is 11.4. The van der Waals surface area contributed by atoms with Crippen molar-refractivity contribution >= 4 is 22.8 Å². The molecule has 0 bridgehead atoms. The minimum absolute atomic E-state index is 0.135. The Labute approximate surface area is 174 Å². The molecular weight excluding hydrogens is 386 g/mol. The molecule has 160 valence electrons. The Kier molecular flexibility index (Phi) is 6.29. The van der Waals surface area contributed by atoms with Crippen molar-refractivity contribution in [2.45, 2.75) is 40.0 Å². The van der Waals surface area contributed by atoms with Gasteiger partial charge in [0, 0.05) is 13.1 Å². The maximum atomic E-state index is 12.8. The monoisotopic (exact) mass is 413 g/mol. The third-order valence-electron chi connectivity index (χ3n) is 5.41. The van der Waals surface area contributed by atoms with Crippen LogP contribution in [0.15, 0.2) is 33.5 Å². The SMILES string of the molecule is C=C(C)COc1cc(C)cc2oc(=O)c(CC(=O)N3CCC[C@H](C(=O)O)C3)c(C)c12. The Morgan fingerprint density at radius 2 is 2.07 bits per heavy atom. The predicted molar refractivity (Wildman–Crippen MR) is 113 cm³/mol. The number of amides is 1. The van der Waals surface area contributed by atoms with Crippen molar-refractivity contribution < 1.29 is 23.8 Å². The van der Waals surface area contributed by atoms with E-state index < -0.39 is 17.5 Å². The van der Waals surface area contributed by atoms with Gasteiger partial charge in [-0.05, 0) is 62.4 Å². The molecule has 0 saturated carbocycles. The summed E-state index contributed by atoms with van der Waals surface area (Å²) in [7, 11) is 0. The van der Waals surface area contributed by atoms with E-state index in [1.54, 1.807) is 13.0 Å². The molecule has 3 rings (SSSR count). The van der Waals surface area contributed by atoms with Crippen molar-refractivity contribution in [3.05, 3.63) is 51.4 Å². The van der Waals surface area contributed by atoms with Crippen LogP contribution in [0.1, 0.15) is 36.5 Å². The quantitative estimate of drug-likeness (QED) is 0.577. The molecule has 7 nitrogen and oxygen atoms in total. The van der Waals surface area contributed by atoms with E-state index in [2.05, 4.69) is 6.58 Å². The average Bonchev–Trinajstić information content (AvgIpc) is 2.68. The maximum absolute atomic E-state index is 12.8. The molecule has 1 aliphatic rings. The summed E-state index contributed by atoms with van der Waals surface area (Å²) in [4.78, 5) is 38.3. The van der Waals surface area contributed by atoms with Crippen LogP contribution in [0.2, 0.25) is 0 Å². The minimum Gasteiger partial charge on any atom is -0.488 e. The van der Waals surface area contributed by atoms with Crippen molar-refractivity contribution in [3.8, 4) is 5.75 Å². The Morgan fingerprint density at radius 3 is 2.73 bits per heavy atom. The van der Waals surface area contributed by atoms with E-state index in [-0.39, 0.29) is 24.4 Å². The fourth-order valence-corrected chi connectivity index (χ4v) is 3.82. The van der Waals surface area contributed by atoms with E-state index in [1.165, 1.54) is 4.90 Å². The number of ether oxygens (including phenoxy) is 1. The summed E-state index contributed by atoms with van der Waals surface area (Å²) in [5, 5.41) is 9.91. The zero-order valence-electron chi connectivity index (χ0n) is 17.6. The molecule has 1 saturated heterocycles. The molecule has 1 amide bonds. The number of fused-ring (bicyclic) bond motifs is 1. The molecule has 2 aromatic rings. The molecule has 7 heteroatoms. The minimum atomic E-state index is -0.899. The zero-order chi connectivity index (χ0) is 22.0. The maximum Gasteiger partial charge on any atom is 0.340 e. The first-order valence-electron chi connectivity index (χ1n) is 10.0. The molecule has 2 heterocycles. The highest BCUT2D eigenvalue weighted by Crippen LogP contribution is 2.31. The molecule has 0 aliphatic carbocycles. The number of nitrogens with zero attached hydrogens (tertiary/aromatic N) is 1. The fraction of sp³-hybridized carbons (Fsp3) is 0.435. The first-order valence-corrected chi connectivity index (χ1v) is 10.0. The van der Waals surface area contributed by atoms with Crippen molar-refractivity contribution in [1.29, 1.82) is 0 Å². The van der Waals surface area contributed by atoms with Gasteiger partial charge in [-0.1, -0.05) is 6.58 Å². The smallest absolute Gasteiger partial charge is 0.340 e. The lowest BCUT2D eigenvalue weighted by Crippen LogP contribution is -2.43. The van der Waals surface area contributed by atoms with Gasteiger partial charge in [-0.25, -0.2) is 4.79 Å². The van der Waals surface area contributed by atoms with Crippen LogP contribution in [0, 0.1) is 19.8 Å². The first kappa shape index (κ1) is 21.6. The second-order valence-corrected chi connectivity index (χ2v) is 8.07. The molecule has 1 fully saturated rings. The summed E-state index contributed by atoms with van der Waals surface area (Å²) in [5.41, 5.74) is 2.50. The van der Waals surface area contributed by atoms with Gasteiger partial charge in [-0.3, -0.25) is 9.59 Å². The molecule has 0 radical (unpaired) electrons. The Hall–Kier alpha value is -3.09. The number of carbonyl (C=O) groups excluding carboxylic acids is 1. The largest absolute Gasteiger partial charge is 0.488 e. The second kappa shape index (κ2) is 8.73. The molecular formula is C23H27NO6. The highest BCUT2D eigenvalue weighted by atomic mass is 16.5. The van der Waals surface area contributed by atoms with E-state index in [1.807, 2.05) is 19.9 Å². The van der Waals surface area contributed by atoms with Gasteiger partial charge in [0.05, 0.1) is 23.3 Å². The topological polar surface area (TPSA) is 97.0 Å². The number of aryl methyl sites for hydroxylation is 2. The normalized spacial score (nSPS) is 16.5. The first-order chi connectivity index (χ1) is 14.2. The summed E-state index contributed by atoms with van der Waals surface area (Å²) in [6, 6.07) is 3.64. The van der Waals surface area contributed by atoms with Gasteiger partial charge >= 0.3 is 11.6 Å². The van der Waals surface area contributed by atoms with Gasteiger partial charge in [0.2, 0.25) is 5.91 Å². The van der Waals surface area contributed by atoms with Crippen LogP contribution in [0.4, 0.5) is 0 Å². The van der Waals surface area contributed by atoms with Gasteiger partial charge in [-0.15, -0.1) is 0 Å². The van der Waals surface area contributed by atoms with E-state index in [9.17, 15) is 19.5 Å². The number of benzene rings is 1. The van der Waals surface area contributed by atoms with Crippen molar-refractivity contribution in [1.82, 2.24) is 4.90 Å². The predicted octanol–water partition coefficient (Wildman–Crippen LogP) is 3.23. The number of likely N-dealkylation sites (tertiary alicyclic amines) is 1. The summed E-state index contributed by atoms with van der Waals surface area (Å²) in [6.07, 6.45) is 1.05. The lowest BCUT2D eigenvalue weighted by molar-refractivity contribution is -0.145. The number of piperidine rings is 1. The van der Waals surface area contributed by atoms with Crippen molar-refractivity contribution in [2.75, 3.05) is 19.7 Å². The molecule has 1 aliphatic heterocycles. The lowest BCUT2D eigenvalue weighted by atomic mass is 9.97. The highest BCUT2D eigenvalue weighted by molar-refractivity contribution is 5.90. The van der Waals surface area contributed by atoms with E-state index in [0.29, 0.717) is 48.3 Å². The molecule has 0 spiro atoms. The summed E-state index contributed by atoms with van der Waals surface area (Å²) in [5.74, 6) is -1.16. The molecule has 0 unspecified atom stereocenters. The van der Waals surface area contributed by atoms with Crippen LogP contribution in [-0.4, -0.2) is 41.6 Å². The molecule has 30 heavy (non-hydrogen) atoms. The van der Waals surface area contributed by atoms with Gasteiger partial charge in [0.1, 0.15) is 17.9 Å². The van der Waals surface area contributed by atoms with Crippen molar-refractivity contribution in [3.63, 3.8) is 0 Å². The van der Waals surface area contributed by atoms with Crippen LogP contribution >= 0.6 is 0 Å². The Morgan fingerprint density at radius 1 is 1.33 bits per heavy atom. The number of hydrogen-bond donors (Lipinski definition) is 1. The number of carbonyl (C=O) groups is 2. The van der Waals surface area contributed by atoms with Crippen LogP contribution in [0.3, 0.4) is 0 Å². The molecule has 1 aromatic heterocycles. The van der Waals surface area contributed by atoms with E-state index in [4.69, 9.17) is 9.15 Å². The van der Waals surface area contributed by atoms with Gasteiger partial charge in [0.15, 0.2) is 0 Å². The van der Waals surface area contributed by atoms with E-state index >= 15 is 0 Å². The van der Waals surface area contributed by atoms with Gasteiger partial charge < -0.3 is 19.2 Å². The standard InChI is InChI=1S/C23H27NO6/c1-13(2)12-29-18-8-14(3)9-19-21(18)15(4)17(23(28)30-19)10-20(25)24-7-5-6-16(11-24)22(26)27/h8-9,16H,1,5-7,10-12H2,2-4H3,(H,26,27)/t16-/m0/s1. The lowest BCUT2D eigenvalue weighted by Gasteiger charge is -2.30. The highest BCUT2D eigenvalue weighted by Gasteiger charge is 2.29. The van der Waals surface area contributed by atoms with Crippen LogP contribution in [0.5, 0.6) is 5.75 Å². The molecule has 1 atom stereocenters.